The number of halogens is 1. The summed E-state index contributed by atoms with van der Waals surface area (Å²) >= 11 is 5.83. The summed E-state index contributed by atoms with van der Waals surface area (Å²) in [7, 11) is 1.86. The molecule has 4 heteroatoms. The van der Waals surface area contributed by atoms with Crippen LogP contribution in [-0.2, 0) is 11.3 Å². The van der Waals surface area contributed by atoms with Crippen LogP contribution in [0, 0.1) is 5.92 Å². The summed E-state index contributed by atoms with van der Waals surface area (Å²) in [5, 5.41) is 3.94. The average Bonchev–Trinajstić information content (AvgIpc) is 2.84. The Morgan fingerprint density at radius 1 is 1.47 bits per heavy atom. The molecule has 0 aliphatic carbocycles. The lowest BCUT2D eigenvalue weighted by atomic mass is 10.1. The molecule has 0 bridgehead atoms. The van der Waals surface area contributed by atoms with Gasteiger partial charge in [-0.2, -0.15) is 0 Å². The first kappa shape index (κ1) is 12.4. The molecule has 17 heavy (non-hydrogen) atoms. The molecule has 92 valence electrons. The maximum absolute atomic E-state index is 12.1. The number of benzene rings is 1. The van der Waals surface area contributed by atoms with E-state index in [4.69, 9.17) is 11.6 Å². The molecule has 1 fully saturated rings. The zero-order valence-corrected chi connectivity index (χ0v) is 10.7. The molecule has 1 heterocycles. The van der Waals surface area contributed by atoms with Crippen molar-refractivity contribution in [1.82, 2.24) is 10.2 Å². The first-order valence-corrected chi connectivity index (χ1v) is 6.25. The standard InChI is InChI=1S/C13H17ClN2O/c1-16(13(17)11-6-7-15-8-11)9-10-2-4-12(14)5-3-10/h2-5,11,15H,6-9H2,1H3. The van der Waals surface area contributed by atoms with Crippen LogP contribution in [0.4, 0.5) is 0 Å². The Bertz CT molecular complexity index is 385. The Balaban J connectivity index is 1.93. The first-order valence-electron chi connectivity index (χ1n) is 5.87. The van der Waals surface area contributed by atoms with E-state index in [9.17, 15) is 4.79 Å². The summed E-state index contributed by atoms with van der Waals surface area (Å²) in [5.41, 5.74) is 1.11. The second-order valence-corrected chi connectivity index (χ2v) is 4.95. The lowest BCUT2D eigenvalue weighted by molar-refractivity contribution is -0.134. The molecule has 0 saturated carbocycles. The fraction of sp³-hybridized carbons (Fsp3) is 0.462. The largest absolute Gasteiger partial charge is 0.341 e. The third kappa shape index (κ3) is 3.20. The van der Waals surface area contributed by atoms with E-state index in [2.05, 4.69) is 5.32 Å². The van der Waals surface area contributed by atoms with Crippen LogP contribution in [0.15, 0.2) is 24.3 Å². The number of amides is 1. The van der Waals surface area contributed by atoms with Gasteiger partial charge in [0.15, 0.2) is 0 Å². The molecule has 2 rings (SSSR count). The zero-order chi connectivity index (χ0) is 12.3. The topological polar surface area (TPSA) is 32.3 Å². The van der Waals surface area contributed by atoms with Gasteiger partial charge in [0, 0.05) is 25.2 Å². The van der Waals surface area contributed by atoms with Crippen molar-refractivity contribution in [3.63, 3.8) is 0 Å². The Morgan fingerprint density at radius 2 is 2.18 bits per heavy atom. The van der Waals surface area contributed by atoms with Gasteiger partial charge in [-0.25, -0.2) is 0 Å². The van der Waals surface area contributed by atoms with E-state index in [1.807, 2.05) is 31.3 Å². The highest BCUT2D eigenvalue weighted by Gasteiger charge is 2.25. The average molecular weight is 253 g/mol. The Morgan fingerprint density at radius 3 is 2.76 bits per heavy atom. The van der Waals surface area contributed by atoms with Crippen LogP contribution in [-0.4, -0.2) is 30.9 Å². The van der Waals surface area contributed by atoms with Crippen molar-refractivity contribution < 1.29 is 4.79 Å². The smallest absolute Gasteiger partial charge is 0.227 e. The van der Waals surface area contributed by atoms with Gasteiger partial charge in [0.25, 0.3) is 0 Å². The summed E-state index contributed by atoms with van der Waals surface area (Å²) in [6, 6.07) is 7.62. The minimum Gasteiger partial charge on any atom is -0.341 e. The molecule has 0 aromatic heterocycles. The van der Waals surface area contributed by atoms with E-state index >= 15 is 0 Å². The molecule has 1 N–H and O–H groups in total. The summed E-state index contributed by atoms with van der Waals surface area (Å²) in [6.45, 7) is 2.40. The number of carbonyl (C=O) groups is 1. The van der Waals surface area contributed by atoms with E-state index < -0.39 is 0 Å². The van der Waals surface area contributed by atoms with E-state index in [-0.39, 0.29) is 11.8 Å². The fourth-order valence-corrected chi connectivity index (χ4v) is 2.24. The Kier molecular flexibility index (Phi) is 4.02. The molecular formula is C13H17ClN2O. The van der Waals surface area contributed by atoms with Crippen molar-refractivity contribution in [1.29, 1.82) is 0 Å². The molecule has 3 nitrogen and oxygen atoms in total. The minimum absolute atomic E-state index is 0.146. The number of nitrogens with zero attached hydrogens (tertiary/aromatic N) is 1. The van der Waals surface area contributed by atoms with Crippen molar-refractivity contribution in [3.05, 3.63) is 34.9 Å². The highest BCUT2D eigenvalue weighted by Crippen LogP contribution is 2.14. The number of rotatable bonds is 3. The Labute approximate surface area is 107 Å². The van der Waals surface area contributed by atoms with Crippen LogP contribution in [0.1, 0.15) is 12.0 Å². The second kappa shape index (κ2) is 5.52. The molecular weight excluding hydrogens is 236 g/mol. The molecule has 1 amide bonds. The number of hydrogen-bond acceptors (Lipinski definition) is 2. The predicted octanol–water partition coefficient (Wildman–Crippen LogP) is 1.91. The zero-order valence-electron chi connectivity index (χ0n) is 9.95. The predicted molar refractivity (Wildman–Crippen MR) is 68.9 cm³/mol. The van der Waals surface area contributed by atoms with Crippen molar-refractivity contribution >= 4 is 17.5 Å². The van der Waals surface area contributed by atoms with Crippen LogP contribution < -0.4 is 5.32 Å². The lowest BCUT2D eigenvalue weighted by Gasteiger charge is -2.20. The summed E-state index contributed by atoms with van der Waals surface area (Å²) in [6.07, 6.45) is 0.948. The molecule has 0 spiro atoms. The van der Waals surface area contributed by atoms with Crippen LogP contribution in [0.25, 0.3) is 0 Å². The summed E-state index contributed by atoms with van der Waals surface area (Å²) < 4.78 is 0. The minimum atomic E-state index is 0.146. The molecule has 1 atom stereocenters. The Hall–Kier alpha value is -1.06. The first-order chi connectivity index (χ1) is 8.16. The van der Waals surface area contributed by atoms with E-state index in [0.717, 1.165) is 30.1 Å². The third-order valence-corrected chi connectivity index (χ3v) is 3.37. The highest BCUT2D eigenvalue weighted by molar-refractivity contribution is 6.30. The van der Waals surface area contributed by atoms with Gasteiger partial charge in [-0.05, 0) is 30.7 Å². The van der Waals surface area contributed by atoms with Gasteiger partial charge in [-0.3, -0.25) is 4.79 Å². The van der Waals surface area contributed by atoms with E-state index in [1.165, 1.54) is 0 Å². The molecule has 1 aliphatic rings. The van der Waals surface area contributed by atoms with Gasteiger partial charge >= 0.3 is 0 Å². The van der Waals surface area contributed by atoms with Crippen molar-refractivity contribution in [2.24, 2.45) is 5.92 Å². The van der Waals surface area contributed by atoms with Crippen molar-refractivity contribution in [2.45, 2.75) is 13.0 Å². The summed E-state index contributed by atoms with van der Waals surface area (Å²) in [5.74, 6) is 0.372. The quantitative estimate of drug-likeness (QED) is 0.891. The van der Waals surface area contributed by atoms with Gasteiger partial charge in [0.05, 0.1) is 5.92 Å². The highest BCUT2D eigenvalue weighted by atomic mass is 35.5. The number of carbonyl (C=O) groups excluding carboxylic acids is 1. The van der Waals surface area contributed by atoms with Gasteiger partial charge in [-0.15, -0.1) is 0 Å². The van der Waals surface area contributed by atoms with Gasteiger partial charge in [-0.1, -0.05) is 23.7 Å². The van der Waals surface area contributed by atoms with Crippen LogP contribution in [0.2, 0.25) is 5.02 Å². The fourth-order valence-electron chi connectivity index (χ4n) is 2.12. The maximum Gasteiger partial charge on any atom is 0.227 e. The van der Waals surface area contributed by atoms with Crippen LogP contribution >= 0.6 is 11.6 Å². The van der Waals surface area contributed by atoms with Gasteiger partial charge in [0.2, 0.25) is 5.91 Å². The normalized spacial score (nSPS) is 19.3. The van der Waals surface area contributed by atoms with Gasteiger partial charge < -0.3 is 10.2 Å². The number of hydrogen-bond donors (Lipinski definition) is 1. The third-order valence-electron chi connectivity index (χ3n) is 3.12. The summed E-state index contributed by atoms with van der Waals surface area (Å²) in [4.78, 5) is 13.9. The lowest BCUT2D eigenvalue weighted by Crippen LogP contribution is -2.33. The molecule has 0 radical (unpaired) electrons. The van der Waals surface area contributed by atoms with E-state index in [0.29, 0.717) is 6.54 Å². The van der Waals surface area contributed by atoms with E-state index in [1.54, 1.807) is 4.90 Å². The molecule has 1 unspecified atom stereocenters. The second-order valence-electron chi connectivity index (χ2n) is 4.51. The monoisotopic (exact) mass is 252 g/mol. The van der Waals surface area contributed by atoms with Crippen LogP contribution in [0.5, 0.6) is 0 Å². The molecule has 1 aromatic carbocycles. The van der Waals surface area contributed by atoms with Crippen molar-refractivity contribution in [2.75, 3.05) is 20.1 Å². The number of nitrogens with one attached hydrogen (secondary N) is 1. The van der Waals surface area contributed by atoms with Crippen LogP contribution in [0.3, 0.4) is 0 Å². The SMILES string of the molecule is CN(Cc1ccc(Cl)cc1)C(=O)C1CCNC1. The maximum atomic E-state index is 12.1. The molecule has 1 aromatic rings. The molecule has 1 saturated heterocycles. The van der Waals surface area contributed by atoms with Gasteiger partial charge in [0.1, 0.15) is 0 Å². The van der Waals surface area contributed by atoms with Crippen molar-refractivity contribution in [3.8, 4) is 0 Å². The molecule has 1 aliphatic heterocycles.